The molecule has 15 heavy (non-hydrogen) atoms. The molecule has 0 aliphatic heterocycles. The van der Waals surface area contributed by atoms with E-state index in [2.05, 4.69) is 27.9 Å². The van der Waals surface area contributed by atoms with Gasteiger partial charge in [0.25, 0.3) is 5.91 Å². The lowest BCUT2D eigenvalue weighted by Gasteiger charge is -2.06. The number of aliphatic hydroxyl groups excluding tert-OH is 1. The molecule has 0 heterocycles. The van der Waals surface area contributed by atoms with E-state index in [0.717, 1.165) is 3.57 Å². The van der Waals surface area contributed by atoms with Crippen molar-refractivity contribution < 1.29 is 9.90 Å². The lowest BCUT2D eigenvalue weighted by molar-refractivity contribution is 0.0950. The molecule has 0 aliphatic rings. The highest BCUT2D eigenvalue weighted by atomic mass is 127. The minimum Gasteiger partial charge on any atom is -0.396 e. The lowest BCUT2D eigenvalue weighted by atomic mass is 10.2. The molecule has 0 aliphatic carbocycles. The van der Waals surface area contributed by atoms with Crippen LogP contribution < -0.4 is 5.32 Å². The molecule has 82 valence electrons. The minimum atomic E-state index is -0.135. The fraction of sp³-hybridized carbons (Fsp3) is 0.300. The van der Waals surface area contributed by atoms with E-state index in [1.807, 2.05) is 0 Å². The van der Waals surface area contributed by atoms with E-state index in [1.165, 1.54) is 0 Å². The van der Waals surface area contributed by atoms with Gasteiger partial charge in [-0.05, 0) is 47.2 Å². The molecule has 1 amide bonds. The quantitative estimate of drug-likeness (QED) is 0.652. The van der Waals surface area contributed by atoms with Crippen LogP contribution in [0, 0.1) is 3.57 Å². The van der Waals surface area contributed by atoms with Crippen LogP contribution in [0.25, 0.3) is 0 Å². The predicted molar refractivity (Wildman–Crippen MR) is 68.2 cm³/mol. The molecule has 0 fully saturated rings. The molecule has 3 nitrogen and oxygen atoms in total. The zero-order valence-electron chi connectivity index (χ0n) is 7.96. The molecule has 1 rings (SSSR count). The molecule has 0 unspecified atom stereocenters. The summed E-state index contributed by atoms with van der Waals surface area (Å²) in [6, 6.07) is 5.12. The normalized spacial score (nSPS) is 10.1. The molecular weight excluding hydrogens is 328 g/mol. The van der Waals surface area contributed by atoms with Gasteiger partial charge >= 0.3 is 0 Å². The number of carbonyl (C=O) groups excluding carboxylic acids is 1. The van der Waals surface area contributed by atoms with E-state index in [1.54, 1.807) is 18.2 Å². The molecule has 1 aromatic carbocycles. The van der Waals surface area contributed by atoms with E-state index in [9.17, 15) is 4.79 Å². The fourth-order valence-corrected chi connectivity index (χ4v) is 2.17. The lowest BCUT2D eigenvalue weighted by Crippen LogP contribution is -2.25. The average molecular weight is 340 g/mol. The van der Waals surface area contributed by atoms with Crippen molar-refractivity contribution >= 4 is 40.1 Å². The van der Waals surface area contributed by atoms with Gasteiger partial charge < -0.3 is 10.4 Å². The molecule has 1 aromatic rings. The van der Waals surface area contributed by atoms with Crippen molar-refractivity contribution in [2.45, 2.75) is 6.42 Å². The first-order valence-corrected chi connectivity index (χ1v) is 5.95. The van der Waals surface area contributed by atoms with Crippen molar-refractivity contribution in [2.24, 2.45) is 0 Å². The Morgan fingerprint density at radius 1 is 1.53 bits per heavy atom. The van der Waals surface area contributed by atoms with Crippen LogP contribution in [0.4, 0.5) is 0 Å². The van der Waals surface area contributed by atoms with Crippen LogP contribution in [0.1, 0.15) is 16.8 Å². The number of benzene rings is 1. The zero-order valence-corrected chi connectivity index (χ0v) is 10.9. The number of aliphatic hydroxyl groups is 1. The van der Waals surface area contributed by atoms with Gasteiger partial charge in [-0.1, -0.05) is 11.6 Å². The number of halogens is 2. The SMILES string of the molecule is O=C(NCCCO)c1ccc(Cl)cc1I. The minimum absolute atomic E-state index is 0.0813. The summed E-state index contributed by atoms with van der Waals surface area (Å²) in [5, 5.41) is 11.9. The van der Waals surface area contributed by atoms with Gasteiger partial charge in [0.15, 0.2) is 0 Å². The van der Waals surface area contributed by atoms with Crippen LogP contribution in [-0.2, 0) is 0 Å². The van der Waals surface area contributed by atoms with Crippen molar-refractivity contribution in [3.8, 4) is 0 Å². The van der Waals surface area contributed by atoms with Gasteiger partial charge in [-0.3, -0.25) is 4.79 Å². The highest BCUT2D eigenvalue weighted by molar-refractivity contribution is 14.1. The summed E-state index contributed by atoms with van der Waals surface area (Å²) in [7, 11) is 0. The van der Waals surface area contributed by atoms with Crippen LogP contribution in [0.3, 0.4) is 0 Å². The molecule has 2 N–H and O–H groups in total. The number of amides is 1. The van der Waals surface area contributed by atoms with Crippen LogP contribution >= 0.6 is 34.2 Å². The molecular formula is C10H11ClINO2. The van der Waals surface area contributed by atoms with Crippen LogP contribution in [0.5, 0.6) is 0 Å². The second kappa shape index (κ2) is 6.30. The predicted octanol–water partition coefficient (Wildman–Crippen LogP) is 2.06. The van der Waals surface area contributed by atoms with E-state index < -0.39 is 0 Å². The van der Waals surface area contributed by atoms with Gasteiger partial charge in [-0.15, -0.1) is 0 Å². The Balaban J connectivity index is 2.65. The molecule has 0 saturated heterocycles. The van der Waals surface area contributed by atoms with Crippen molar-refractivity contribution in [3.05, 3.63) is 32.4 Å². The first kappa shape index (κ1) is 12.7. The Bertz CT molecular complexity index is 357. The number of rotatable bonds is 4. The fourth-order valence-electron chi connectivity index (χ4n) is 1.05. The van der Waals surface area contributed by atoms with Crippen LogP contribution in [-0.4, -0.2) is 24.2 Å². The molecule has 0 aromatic heterocycles. The first-order valence-electron chi connectivity index (χ1n) is 4.49. The summed E-state index contributed by atoms with van der Waals surface area (Å²) < 4.78 is 0.821. The number of hydrogen-bond donors (Lipinski definition) is 2. The number of hydrogen-bond acceptors (Lipinski definition) is 2. The summed E-state index contributed by atoms with van der Waals surface area (Å²) in [6.45, 7) is 0.562. The third-order valence-electron chi connectivity index (χ3n) is 1.80. The van der Waals surface area contributed by atoms with Gasteiger partial charge in [0.05, 0.1) is 5.56 Å². The molecule has 0 radical (unpaired) electrons. The molecule has 0 spiro atoms. The highest BCUT2D eigenvalue weighted by Crippen LogP contribution is 2.17. The largest absolute Gasteiger partial charge is 0.396 e. The third kappa shape index (κ3) is 3.96. The summed E-state index contributed by atoms with van der Waals surface area (Å²) in [5.74, 6) is -0.135. The first-order chi connectivity index (χ1) is 7.15. The van der Waals surface area contributed by atoms with E-state index in [4.69, 9.17) is 16.7 Å². The summed E-state index contributed by atoms with van der Waals surface area (Å²) in [6.07, 6.45) is 0.565. The Morgan fingerprint density at radius 2 is 2.27 bits per heavy atom. The standard InChI is InChI=1S/C10H11ClINO2/c11-7-2-3-8(9(12)6-7)10(15)13-4-1-5-14/h2-3,6,14H,1,4-5H2,(H,13,15). The van der Waals surface area contributed by atoms with Gasteiger partial charge in [0.2, 0.25) is 0 Å². The third-order valence-corrected chi connectivity index (χ3v) is 2.92. The maximum Gasteiger partial charge on any atom is 0.252 e. The summed E-state index contributed by atoms with van der Waals surface area (Å²) in [4.78, 5) is 11.6. The van der Waals surface area contributed by atoms with E-state index >= 15 is 0 Å². The maximum absolute atomic E-state index is 11.6. The average Bonchev–Trinajstić information content (AvgIpc) is 2.17. The molecule has 0 bridgehead atoms. The summed E-state index contributed by atoms with van der Waals surface area (Å²) >= 11 is 7.85. The topological polar surface area (TPSA) is 49.3 Å². The monoisotopic (exact) mass is 339 g/mol. The number of carbonyl (C=O) groups is 1. The van der Waals surface area contributed by atoms with Crippen molar-refractivity contribution in [3.63, 3.8) is 0 Å². The second-order valence-corrected chi connectivity index (χ2v) is 4.56. The Labute approximate surface area is 107 Å². The maximum atomic E-state index is 11.6. The van der Waals surface area contributed by atoms with Crippen molar-refractivity contribution in [1.29, 1.82) is 0 Å². The van der Waals surface area contributed by atoms with Gasteiger partial charge in [-0.25, -0.2) is 0 Å². The van der Waals surface area contributed by atoms with Crippen LogP contribution in [0.2, 0.25) is 5.02 Å². The number of nitrogens with one attached hydrogen (secondary N) is 1. The Hall–Kier alpha value is -0.330. The van der Waals surface area contributed by atoms with Crippen molar-refractivity contribution in [1.82, 2.24) is 5.32 Å². The molecule has 0 atom stereocenters. The van der Waals surface area contributed by atoms with E-state index in [-0.39, 0.29) is 12.5 Å². The van der Waals surface area contributed by atoms with Gasteiger partial charge in [-0.2, -0.15) is 0 Å². The van der Waals surface area contributed by atoms with Crippen molar-refractivity contribution in [2.75, 3.05) is 13.2 Å². The van der Waals surface area contributed by atoms with Gasteiger partial charge in [0, 0.05) is 21.7 Å². The Morgan fingerprint density at radius 3 is 2.87 bits per heavy atom. The van der Waals surface area contributed by atoms with E-state index in [0.29, 0.717) is 23.6 Å². The van der Waals surface area contributed by atoms with Crippen LogP contribution in [0.15, 0.2) is 18.2 Å². The molecule has 0 saturated carbocycles. The second-order valence-electron chi connectivity index (χ2n) is 2.96. The smallest absolute Gasteiger partial charge is 0.252 e. The Kier molecular flexibility index (Phi) is 5.35. The zero-order chi connectivity index (χ0) is 11.3. The van der Waals surface area contributed by atoms with Gasteiger partial charge in [0.1, 0.15) is 0 Å². The summed E-state index contributed by atoms with van der Waals surface area (Å²) in [5.41, 5.74) is 0.609. The highest BCUT2D eigenvalue weighted by Gasteiger charge is 2.08. The molecule has 5 heteroatoms.